The minimum absolute atomic E-state index is 0.131. The SMILES string of the molecule is CN(C)C(=O)[C@@H]1[C@@H](P(c2ccccc2)c2ccccc2)C[C@H]2C[C@@H]1C2(C)C. The predicted octanol–water partition coefficient (Wildman–Crippen LogP) is 4.26. The van der Waals surface area contributed by atoms with Crippen LogP contribution in [0.5, 0.6) is 0 Å². The maximum Gasteiger partial charge on any atom is 0.226 e. The highest BCUT2D eigenvalue weighted by molar-refractivity contribution is 7.73. The Morgan fingerprint density at radius 2 is 1.44 bits per heavy atom. The van der Waals surface area contributed by atoms with E-state index in [1.165, 1.54) is 23.5 Å². The summed E-state index contributed by atoms with van der Waals surface area (Å²) in [5, 5.41) is 2.80. The molecule has 2 aromatic rings. The summed E-state index contributed by atoms with van der Waals surface area (Å²) in [5.74, 6) is 1.71. The van der Waals surface area contributed by atoms with E-state index in [1.807, 2.05) is 19.0 Å². The fourth-order valence-corrected chi connectivity index (χ4v) is 8.55. The summed E-state index contributed by atoms with van der Waals surface area (Å²) in [6.07, 6.45) is 2.39. The number of amides is 1. The molecule has 3 aliphatic carbocycles. The third kappa shape index (κ3) is 3.13. The van der Waals surface area contributed by atoms with Crippen molar-refractivity contribution in [2.45, 2.75) is 32.3 Å². The largest absolute Gasteiger partial charge is 0.349 e. The van der Waals surface area contributed by atoms with Crippen LogP contribution in [0.25, 0.3) is 0 Å². The topological polar surface area (TPSA) is 20.3 Å². The Morgan fingerprint density at radius 1 is 0.926 bits per heavy atom. The number of hydrogen-bond donors (Lipinski definition) is 0. The molecular formula is C24H30NOP. The summed E-state index contributed by atoms with van der Waals surface area (Å²) in [6, 6.07) is 21.8. The molecule has 2 nitrogen and oxygen atoms in total. The Kier molecular flexibility index (Phi) is 4.89. The average molecular weight is 379 g/mol. The van der Waals surface area contributed by atoms with Crippen molar-refractivity contribution in [3.05, 3.63) is 60.7 Å². The van der Waals surface area contributed by atoms with Crippen LogP contribution in [0.4, 0.5) is 0 Å². The number of fused-ring (bicyclic) bond motifs is 2. The van der Waals surface area contributed by atoms with E-state index in [9.17, 15) is 4.79 Å². The molecule has 0 aromatic heterocycles. The quantitative estimate of drug-likeness (QED) is 0.727. The molecule has 3 saturated carbocycles. The highest BCUT2D eigenvalue weighted by Crippen LogP contribution is 2.66. The van der Waals surface area contributed by atoms with Gasteiger partial charge in [-0.2, -0.15) is 0 Å². The first kappa shape index (κ1) is 18.7. The third-order valence-corrected chi connectivity index (χ3v) is 9.95. The zero-order valence-corrected chi connectivity index (χ0v) is 17.7. The van der Waals surface area contributed by atoms with E-state index in [0.29, 0.717) is 22.9 Å². The smallest absolute Gasteiger partial charge is 0.226 e. The van der Waals surface area contributed by atoms with E-state index in [2.05, 4.69) is 74.5 Å². The van der Waals surface area contributed by atoms with Crippen molar-refractivity contribution in [2.75, 3.05) is 14.1 Å². The highest BCUT2D eigenvalue weighted by atomic mass is 31.1. The minimum atomic E-state index is -0.551. The lowest BCUT2D eigenvalue weighted by Gasteiger charge is -2.63. The van der Waals surface area contributed by atoms with Gasteiger partial charge in [0, 0.05) is 20.0 Å². The third-order valence-electron chi connectivity index (χ3n) is 7.05. The second-order valence-electron chi connectivity index (χ2n) is 8.96. The molecule has 2 bridgehead atoms. The van der Waals surface area contributed by atoms with E-state index < -0.39 is 7.92 Å². The fourth-order valence-electron chi connectivity index (χ4n) is 5.38. The lowest BCUT2D eigenvalue weighted by Crippen LogP contribution is -2.61. The molecule has 0 heterocycles. The molecule has 5 rings (SSSR count). The normalized spacial score (nSPS) is 28.5. The molecule has 2 aromatic carbocycles. The maximum absolute atomic E-state index is 13.3. The molecule has 0 spiro atoms. The standard InChI is InChI=1S/C24H30NOP/c1-24(2)17-15-20(24)22(23(26)25(3)4)21(16-17)27(18-11-7-5-8-12-18)19-13-9-6-10-14-19/h5-14,17,20-22H,15-16H2,1-4H3/t17-,20+,21+,22+/m1/s1. The van der Waals surface area contributed by atoms with Gasteiger partial charge < -0.3 is 4.90 Å². The van der Waals surface area contributed by atoms with Gasteiger partial charge in [0.15, 0.2) is 0 Å². The molecule has 3 fully saturated rings. The highest BCUT2D eigenvalue weighted by Gasteiger charge is 2.61. The Bertz CT molecular complexity index is 762. The van der Waals surface area contributed by atoms with E-state index in [0.717, 1.165) is 5.92 Å². The first-order valence-corrected chi connectivity index (χ1v) is 11.4. The first-order chi connectivity index (χ1) is 12.9. The van der Waals surface area contributed by atoms with Gasteiger partial charge >= 0.3 is 0 Å². The van der Waals surface area contributed by atoms with Gasteiger partial charge in [0.05, 0.1) is 0 Å². The van der Waals surface area contributed by atoms with Crippen LogP contribution in [0, 0.1) is 23.2 Å². The Balaban J connectivity index is 1.80. The zero-order valence-electron chi connectivity index (χ0n) is 16.8. The molecule has 1 amide bonds. The molecule has 0 unspecified atom stereocenters. The molecular weight excluding hydrogens is 349 g/mol. The fraction of sp³-hybridized carbons (Fsp3) is 0.458. The second-order valence-corrected chi connectivity index (χ2v) is 11.4. The van der Waals surface area contributed by atoms with Crippen molar-refractivity contribution in [2.24, 2.45) is 23.2 Å². The number of benzene rings is 2. The summed E-state index contributed by atoms with van der Waals surface area (Å²) in [6.45, 7) is 4.76. The molecule has 142 valence electrons. The Morgan fingerprint density at radius 3 is 1.89 bits per heavy atom. The average Bonchev–Trinajstić information content (AvgIpc) is 2.69. The summed E-state index contributed by atoms with van der Waals surface area (Å²) < 4.78 is 0. The van der Waals surface area contributed by atoms with Crippen LogP contribution in [0.3, 0.4) is 0 Å². The van der Waals surface area contributed by atoms with Crippen LogP contribution in [-0.4, -0.2) is 30.6 Å². The van der Waals surface area contributed by atoms with Crippen molar-refractivity contribution in [1.82, 2.24) is 4.90 Å². The van der Waals surface area contributed by atoms with E-state index in [-0.39, 0.29) is 5.92 Å². The van der Waals surface area contributed by atoms with Gasteiger partial charge in [-0.3, -0.25) is 4.79 Å². The van der Waals surface area contributed by atoms with Crippen LogP contribution in [0.2, 0.25) is 0 Å². The van der Waals surface area contributed by atoms with Gasteiger partial charge in [-0.1, -0.05) is 74.5 Å². The van der Waals surface area contributed by atoms with Crippen molar-refractivity contribution < 1.29 is 4.79 Å². The minimum Gasteiger partial charge on any atom is -0.349 e. The van der Waals surface area contributed by atoms with E-state index >= 15 is 0 Å². The molecule has 4 atom stereocenters. The monoisotopic (exact) mass is 379 g/mol. The number of hydrogen-bond acceptors (Lipinski definition) is 1. The van der Waals surface area contributed by atoms with Crippen LogP contribution >= 0.6 is 7.92 Å². The first-order valence-electron chi connectivity index (χ1n) is 10.0. The van der Waals surface area contributed by atoms with Crippen LogP contribution in [0.1, 0.15) is 26.7 Å². The van der Waals surface area contributed by atoms with E-state index in [1.54, 1.807) is 0 Å². The van der Waals surface area contributed by atoms with Crippen LogP contribution in [0.15, 0.2) is 60.7 Å². The van der Waals surface area contributed by atoms with Gasteiger partial charge in [-0.15, -0.1) is 0 Å². The number of rotatable bonds is 4. The van der Waals surface area contributed by atoms with Gasteiger partial charge in [0.2, 0.25) is 5.91 Å². The van der Waals surface area contributed by atoms with Crippen molar-refractivity contribution in [3.8, 4) is 0 Å². The molecule has 0 N–H and O–H groups in total. The molecule has 3 heteroatoms. The van der Waals surface area contributed by atoms with Crippen LogP contribution in [-0.2, 0) is 4.79 Å². The Labute approximate surface area is 164 Å². The van der Waals surface area contributed by atoms with E-state index in [4.69, 9.17) is 0 Å². The molecule has 0 radical (unpaired) electrons. The van der Waals surface area contributed by atoms with Gasteiger partial charge in [0.1, 0.15) is 0 Å². The lowest BCUT2D eigenvalue weighted by atomic mass is 9.45. The maximum atomic E-state index is 13.3. The number of carbonyl (C=O) groups excluding carboxylic acids is 1. The zero-order chi connectivity index (χ0) is 19.2. The van der Waals surface area contributed by atoms with Gasteiger partial charge in [-0.05, 0) is 54.3 Å². The molecule has 27 heavy (non-hydrogen) atoms. The number of carbonyl (C=O) groups is 1. The summed E-state index contributed by atoms with van der Waals surface area (Å²) >= 11 is 0. The summed E-state index contributed by atoms with van der Waals surface area (Å²) in [4.78, 5) is 15.2. The van der Waals surface area contributed by atoms with Gasteiger partial charge in [-0.25, -0.2) is 0 Å². The Hall–Kier alpha value is -1.66. The summed E-state index contributed by atoms with van der Waals surface area (Å²) in [5.41, 5.74) is 0.720. The van der Waals surface area contributed by atoms with Crippen molar-refractivity contribution in [1.29, 1.82) is 0 Å². The van der Waals surface area contributed by atoms with Crippen LogP contribution < -0.4 is 10.6 Å². The predicted molar refractivity (Wildman–Crippen MR) is 115 cm³/mol. The van der Waals surface area contributed by atoms with Gasteiger partial charge in [0.25, 0.3) is 0 Å². The molecule has 0 saturated heterocycles. The molecule has 0 aliphatic heterocycles. The molecule has 3 aliphatic rings. The van der Waals surface area contributed by atoms with Crippen molar-refractivity contribution in [3.63, 3.8) is 0 Å². The number of nitrogens with zero attached hydrogens (tertiary/aromatic N) is 1. The van der Waals surface area contributed by atoms with Crippen molar-refractivity contribution >= 4 is 24.4 Å². The summed E-state index contributed by atoms with van der Waals surface area (Å²) in [7, 11) is 3.29. The second kappa shape index (κ2) is 7.06. The lowest BCUT2D eigenvalue weighted by molar-refractivity contribution is -0.154.